The van der Waals surface area contributed by atoms with Gasteiger partial charge in [-0.05, 0) is 55.7 Å². The van der Waals surface area contributed by atoms with Gasteiger partial charge in [-0.15, -0.1) is 0 Å². The van der Waals surface area contributed by atoms with E-state index >= 15 is 0 Å². The summed E-state index contributed by atoms with van der Waals surface area (Å²) < 4.78 is 0. The number of aromatic amines is 1. The van der Waals surface area contributed by atoms with E-state index < -0.39 is 0 Å². The highest BCUT2D eigenvalue weighted by atomic mass is 35.5. The molecule has 0 bridgehead atoms. The average Bonchev–Trinajstić information content (AvgIpc) is 3.08. The van der Waals surface area contributed by atoms with Gasteiger partial charge in [0.25, 0.3) is 5.91 Å². The van der Waals surface area contributed by atoms with Crippen molar-refractivity contribution >= 4 is 51.6 Å². The molecule has 0 spiro atoms. The van der Waals surface area contributed by atoms with Crippen LogP contribution in [0.4, 0.5) is 5.69 Å². The number of carbonyl (C=O) groups is 2. The van der Waals surface area contributed by atoms with E-state index in [1.165, 1.54) is 4.90 Å². The molecule has 3 rings (SSSR count). The van der Waals surface area contributed by atoms with E-state index in [1.54, 1.807) is 25.2 Å². The average molecular weight is 418 g/mol. The van der Waals surface area contributed by atoms with Crippen molar-refractivity contribution in [1.82, 2.24) is 9.88 Å². The van der Waals surface area contributed by atoms with E-state index in [1.807, 2.05) is 26.8 Å². The number of rotatable bonds is 4. The minimum atomic E-state index is -0.384. The van der Waals surface area contributed by atoms with E-state index in [2.05, 4.69) is 16.4 Å². The van der Waals surface area contributed by atoms with Gasteiger partial charge in [0.15, 0.2) is 0 Å². The number of H-pyrrole nitrogens is 1. The fraction of sp³-hybridized carbons (Fsp3) is 0.238. The Morgan fingerprint density at radius 2 is 1.71 bits per heavy atom. The Hall–Kier alpha value is -2.50. The predicted octanol–water partition coefficient (Wildman–Crippen LogP) is 5.11. The van der Waals surface area contributed by atoms with Crippen LogP contribution in [0, 0.1) is 20.8 Å². The number of hydrogen-bond acceptors (Lipinski definition) is 2. The first-order valence-corrected chi connectivity index (χ1v) is 9.53. The smallest absolute Gasteiger partial charge is 0.270 e. The molecule has 0 saturated carbocycles. The summed E-state index contributed by atoms with van der Waals surface area (Å²) in [5.41, 5.74) is 5.09. The van der Waals surface area contributed by atoms with Crippen LogP contribution >= 0.6 is 23.2 Å². The number of nitrogens with zero attached hydrogens (tertiary/aromatic N) is 1. The minimum Gasteiger partial charge on any atom is -0.350 e. The second kappa shape index (κ2) is 7.86. The number of para-hydroxylation sites is 1. The molecule has 0 aliphatic heterocycles. The highest BCUT2D eigenvalue weighted by Crippen LogP contribution is 2.30. The molecule has 0 aliphatic carbocycles. The van der Waals surface area contributed by atoms with Crippen LogP contribution < -0.4 is 5.32 Å². The van der Waals surface area contributed by atoms with Gasteiger partial charge in [-0.3, -0.25) is 9.59 Å². The van der Waals surface area contributed by atoms with Crippen LogP contribution in [-0.2, 0) is 4.79 Å². The number of hydrogen-bond donors (Lipinski definition) is 2. The first-order chi connectivity index (χ1) is 13.2. The standard InChI is InChI=1S/C21H21Cl2N3O2/c1-11-8-12(2)14-9-17(24-19(14)13(11)3)21(28)26(4)10-18(27)25-20-15(22)6-5-7-16(20)23/h5-9,24H,10H2,1-4H3,(H,25,27). The summed E-state index contributed by atoms with van der Waals surface area (Å²) in [5.74, 6) is -0.654. The molecule has 0 fully saturated rings. The number of aromatic nitrogens is 1. The number of anilines is 1. The minimum absolute atomic E-state index is 0.132. The first kappa shape index (κ1) is 20.2. The monoisotopic (exact) mass is 417 g/mol. The summed E-state index contributed by atoms with van der Waals surface area (Å²) in [4.78, 5) is 29.7. The third kappa shape index (κ3) is 3.86. The Labute approximate surface area is 173 Å². The number of likely N-dealkylation sites (N-methyl/N-ethyl adjacent to an activating group) is 1. The third-order valence-electron chi connectivity index (χ3n) is 4.83. The molecule has 0 atom stereocenters. The Balaban J connectivity index is 1.78. The van der Waals surface area contributed by atoms with Crippen molar-refractivity contribution in [1.29, 1.82) is 0 Å². The molecule has 3 aromatic rings. The number of nitrogens with one attached hydrogen (secondary N) is 2. The fourth-order valence-electron chi connectivity index (χ4n) is 3.17. The van der Waals surface area contributed by atoms with Crippen molar-refractivity contribution in [2.75, 3.05) is 18.9 Å². The predicted molar refractivity (Wildman–Crippen MR) is 115 cm³/mol. The van der Waals surface area contributed by atoms with Gasteiger partial charge in [0, 0.05) is 18.0 Å². The van der Waals surface area contributed by atoms with Crippen LogP contribution in [0.5, 0.6) is 0 Å². The number of halogens is 2. The van der Waals surface area contributed by atoms with Gasteiger partial charge in [-0.2, -0.15) is 0 Å². The van der Waals surface area contributed by atoms with Crippen molar-refractivity contribution < 1.29 is 9.59 Å². The zero-order valence-corrected chi connectivity index (χ0v) is 17.6. The second-order valence-electron chi connectivity index (χ2n) is 6.91. The molecule has 0 radical (unpaired) electrons. The van der Waals surface area contributed by atoms with Gasteiger partial charge < -0.3 is 15.2 Å². The summed E-state index contributed by atoms with van der Waals surface area (Å²) in [6, 6.07) is 8.89. The summed E-state index contributed by atoms with van der Waals surface area (Å²) in [7, 11) is 1.58. The molecule has 0 unspecified atom stereocenters. The Morgan fingerprint density at radius 1 is 1.07 bits per heavy atom. The maximum Gasteiger partial charge on any atom is 0.270 e. The molecule has 0 saturated heterocycles. The van der Waals surface area contributed by atoms with Gasteiger partial charge in [0.1, 0.15) is 5.69 Å². The van der Waals surface area contributed by atoms with Crippen LogP contribution in [0.15, 0.2) is 30.3 Å². The number of carbonyl (C=O) groups excluding carboxylic acids is 2. The largest absolute Gasteiger partial charge is 0.350 e. The highest BCUT2D eigenvalue weighted by Gasteiger charge is 2.19. The molecule has 1 heterocycles. The van der Waals surface area contributed by atoms with Crippen molar-refractivity contribution in [2.45, 2.75) is 20.8 Å². The molecule has 28 heavy (non-hydrogen) atoms. The molecule has 7 heteroatoms. The van der Waals surface area contributed by atoms with Crippen LogP contribution in [0.2, 0.25) is 10.0 Å². The summed E-state index contributed by atoms with van der Waals surface area (Å²) in [6.45, 7) is 5.95. The molecular weight excluding hydrogens is 397 g/mol. The molecule has 2 amide bonds. The van der Waals surface area contributed by atoms with Gasteiger partial charge >= 0.3 is 0 Å². The van der Waals surface area contributed by atoms with E-state index in [9.17, 15) is 9.59 Å². The fourth-order valence-corrected chi connectivity index (χ4v) is 3.67. The lowest BCUT2D eigenvalue weighted by Gasteiger charge is -2.16. The molecule has 2 aromatic carbocycles. The maximum atomic E-state index is 12.8. The lowest BCUT2D eigenvalue weighted by molar-refractivity contribution is -0.116. The molecular formula is C21H21Cl2N3O2. The first-order valence-electron chi connectivity index (χ1n) is 8.78. The van der Waals surface area contributed by atoms with Gasteiger partial charge in [0.05, 0.1) is 22.3 Å². The zero-order valence-electron chi connectivity index (χ0n) is 16.1. The normalized spacial score (nSPS) is 10.9. The Bertz CT molecular complexity index is 1070. The molecule has 2 N–H and O–H groups in total. The lowest BCUT2D eigenvalue weighted by atomic mass is 10.0. The number of amides is 2. The van der Waals surface area contributed by atoms with E-state index in [0.29, 0.717) is 21.4 Å². The second-order valence-corrected chi connectivity index (χ2v) is 7.73. The van der Waals surface area contributed by atoms with Crippen LogP contribution in [0.1, 0.15) is 27.2 Å². The number of benzene rings is 2. The number of aryl methyl sites for hydroxylation is 3. The zero-order chi connectivity index (χ0) is 20.6. The third-order valence-corrected chi connectivity index (χ3v) is 5.46. The highest BCUT2D eigenvalue weighted by molar-refractivity contribution is 6.39. The summed E-state index contributed by atoms with van der Waals surface area (Å²) >= 11 is 12.1. The Morgan fingerprint density at radius 3 is 2.36 bits per heavy atom. The van der Waals surface area contributed by atoms with Crippen LogP contribution in [0.25, 0.3) is 10.9 Å². The van der Waals surface area contributed by atoms with Gasteiger partial charge in [-0.25, -0.2) is 0 Å². The van der Waals surface area contributed by atoms with Crippen molar-refractivity contribution in [3.05, 3.63) is 62.8 Å². The van der Waals surface area contributed by atoms with Crippen LogP contribution in [0.3, 0.4) is 0 Å². The van der Waals surface area contributed by atoms with Gasteiger partial charge in [0.2, 0.25) is 5.91 Å². The lowest BCUT2D eigenvalue weighted by Crippen LogP contribution is -2.35. The maximum absolute atomic E-state index is 12.8. The van der Waals surface area contributed by atoms with Crippen molar-refractivity contribution in [3.8, 4) is 0 Å². The van der Waals surface area contributed by atoms with E-state index in [-0.39, 0.29) is 18.4 Å². The SMILES string of the molecule is Cc1cc(C)c2cc(C(=O)N(C)CC(=O)Nc3c(Cl)cccc3Cl)[nH]c2c1C. The quantitative estimate of drug-likeness (QED) is 0.619. The van der Waals surface area contributed by atoms with Crippen molar-refractivity contribution in [3.63, 3.8) is 0 Å². The molecule has 146 valence electrons. The van der Waals surface area contributed by atoms with Crippen molar-refractivity contribution in [2.24, 2.45) is 0 Å². The Kier molecular flexibility index (Phi) is 5.68. The van der Waals surface area contributed by atoms with Gasteiger partial charge in [-0.1, -0.05) is 35.3 Å². The number of fused-ring (bicyclic) bond motifs is 1. The van der Waals surface area contributed by atoms with E-state index in [0.717, 1.165) is 27.6 Å². The van der Waals surface area contributed by atoms with Crippen LogP contribution in [-0.4, -0.2) is 35.3 Å². The molecule has 5 nitrogen and oxygen atoms in total. The topological polar surface area (TPSA) is 65.2 Å². The summed E-state index contributed by atoms with van der Waals surface area (Å²) in [5, 5.41) is 4.35. The molecule has 1 aromatic heterocycles. The summed E-state index contributed by atoms with van der Waals surface area (Å²) in [6.07, 6.45) is 0. The molecule has 0 aliphatic rings. The van der Waals surface area contributed by atoms with E-state index in [4.69, 9.17) is 23.2 Å².